The number of amides is 1. The maximum Gasteiger partial charge on any atom is 0.308 e. The van der Waals surface area contributed by atoms with Crippen molar-refractivity contribution in [3.05, 3.63) is 101 Å². The van der Waals surface area contributed by atoms with Gasteiger partial charge >= 0.3 is 5.97 Å². The van der Waals surface area contributed by atoms with E-state index in [1.807, 2.05) is 43.4 Å². The normalized spacial score (nSPS) is 11.7. The number of rotatable bonds is 8. The van der Waals surface area contributed by atoms with Gasteiger partial charge in [-0.05, 0) is 18.1 Å². The molecule has 0 saturated heterocycles. The number of aryl methyl sites for hydroxylation is 1. The van der Waals surface area contributed by atoms with Crippen molar-refractivity contribution >= 4 is 11.9 Å². The summed E-state index contributed by atoms with van der Waals surface area (Å²) in [6.45, 7) is 3.02. The SMILES string of the molecule is COc1ccnc(C(=O)N[C@@H](C)c2nc(C(c3ccccc3)c3ccccc3)n(C)n2)c1OC(C)=O. The summed E-state index contributed by atoms with van der Waals surface area (Å²) < 4.78 is 12.2. The van der Waals surface area contributed by atoms with Gasteiger partial charge < -0.3 is 14.8 Å². The third-order valence-electron chi connectivity index (χ3n) is 5.62. The van der Waals surface area contributed by atoms with Crippen molar-refractivity contribution in [3.8, 4) is 11.5 Å². The summed E-state index contributed by atoms with van der Waals surface area (Å²) in [5.41, 5.74) is 2.09. The molecule has 2 aromatic heterocycles. The van der Waals surface area contributed by atoms with E-state index in [1.165, 1.54) is 26.3 Å². The van der Waals surface area contributed by atoms with Gasteiger partial charge in [-0.2, -0.15) is 5.10 Å². The minimum Gasteiger partial charge on any atom is -0.493 e. The van der Waals surface area contributed by atoms with Crippen LogP contribution in [0, 0.1) is 0 Å². The highest BCUT2D eigenvalue weighted by atomic mass is 16.6. The third kappa shape index (κ3) is 5.25. The molecule has 0 fully saturated rings. The van der Waals surface area contributed by atoms with Crippen LogP contribution in [0.25, 0.3) is 0 Å². The first-order chi connectivity index (χ1) is 17.4. The Morgan fingerprint density at radius 1 is 0.972 bits per heavy atom. The van der Waals surface area contributed by atoms with E-state index in [9.17, 15) is 9.59 Å². The molecule has 36 heavy (non-hydrogen) atoms. The van der Waals surface area contributed by atoms with E-state index < -0.39 is 17.9 Å². The number of nitrogens with one attached hydrogen (secondary N) is 1. The first kappa shape index (κ1) is 24.6. The van der Waals surface area contributed by atoms with Gasteiger partial charge in [0.05, 0.1) is 19.1 Å². The third-order valence-corrected chi connectivity index (χ3v) is 5.62. The van der Waals surface area contributed by atoms with Crippen molar-refractivity contribution in [2.45, 2.75) is 25.8 Å². The van der Waals surface area contributed by atoms with Crippen LogP contribution in [0.2, 0.25) is 0 Å². The molecule has 0 aliphatic heterocycles. The molecule has 184 valence electrons. The summed E-state index contributed by atoms with van der Waals surface area (Å²) in [6.07, 6.45) is 1.41. The van der Waals surface area contributed by atoms with Crippen molar-refractivity contribution in [2.24, 2.45) is 7.05 Å². The highest BCUT2D eigenvalue weighted by Gasteiger charge is 2.27. The molecule has 4 rings (SSSR count). The molecule has 1 N–H and O–H groups in total. The smallest absolute Gasteiger partial charge is 0.308 e. The standard InChI is InChI=1S/C27H27N5O4/c1-17(29-27(34)23-24(36-18(2)33)21(35-4)15-16-28-23)25-30-26(32(3)31-25)22(19-11-7-5-8-12-19)20-13-9-6-10-14-20/h5-17,22H,1-4H3,(H,29,34)/t17-/m0/s1. The molecule has 2 aromatic carbocycles. The fourth-order valence-corrected chi connectivity index (χ4v) is 3.96. The van der Waals surface area contributed by atoms with Crippen LogP contribution in [0.4, 0.5) is 0 Å². The highest BCUT2D eigenvalue weighted by molar-refractivity contribution is 5.96. The Labute approximate surface area is 209 Å². The minimum atomic E-state index is -0.590. The number of hydrogen-bond acceptors (Lipinski definition) is 7. The summed E-state index contributed by atoms with van der Waals surface area (Å²) in [5, 5.41) is 7.44. The number of nitrogens with zero attached hydrogens (tertiary/aromatic N) is 4. The second-order valence-electron chi connectivity index (χ2n) is 8.19. The highest BCUT2D eigenvalue weighted by Crippen LogP contribution is 2.32. The van der Waals surface area contributed by atoms with Gasteiger partial charge in [-0.15, -0.1) is 0 Å². The second kappa shape index (κ2) is 10.8. The number of esters is 1. The van der Waals surface area contributed by atoms with E-state index in [-0.39, 0.29) is 23.1 Å². The van der Waals surface area contributed by atoms with Gasteiger partial charge in [0, 0.05) is 26.2 Å². The molecule has 0 bridgehead atoms. The second-order valence-corrected chi connectivity index (χ2v) is 8.19. The molecule has 0 saturated carbocycles. The molecule has 9 heteroatoms. The van der Waals surface area contributed by atoms with Crippen molar-refractivity contribution in [3.63, 3.8) is 0 Å². The molecule has 1 amide bonds. The van der Waals surface area contributed by atoms with Gasteiger partial charge in [0.25, 0.3) is 5.91 Å². The lowest BCUT2D eigenvalue weighted by Gasteiger charge is -2.17. The molecular formula is C27H27N5O4. The molecule has 0 aliphatic carbocycles. The van der Waals surface area contributed by atoms with Gasteiger partial charge in [0.15, 0.2) is 17.3 Å². The van der Waals surface area contributed by atoms with E-state index in [1.54, 1.807) is 11.6 Å². The Morgan fingerprint density at radius 2 is 1.58 bits per heavy atom. The molecule has 0 unspecified atom stereocenters. The van der Waals surface area contributed by atoms with Crippen molar-refractivity contribution < 1.29 is 19.1 Å². The zero-order valence-electron chi connectivity index (χ0n) is 20.5. The van der Waals surface area contributed by atoms with Crippen molar-refractivity contribution in [1.29, 1.82) is 0 Å². The number of pyridine rings is 1. The number of ether oxygens (including phenoxy) is 2. The average molecular weight is 486 g/mol. The largest absolute Gasteiger partial charge is 0.493 e. The molecule has 0 radical (unpaired) electrons. The Morgan fingerprint density at radius 3 is 2.14 bits per heavy atom. The summed E-state index contributed by atoms with van der Waals surface area (Å²) in [6, 6.07) is 21.1. The summed E-state index contributed by atoms with van der Waals surface area (Å²) in [5.74, 6) is 0.0851. The number of aromatic nitrogens is 4. The number of hydrogen-bond donors (Lipinski definition) is 1. The van der Waals surface area contributed by atoms with Gasteiger partial charge in [-0.25, -0.2) is 9.97 Å². The first-order valence-corrected chi connectivity index (χ1v) is 11.4. The van der Waals surface area contributed by atoms with Crippen LogP contribution >= 0.6 is 0 Å². The Kier molecular flexibility index (Phi) is 7.39. The number of benzene rings is 2. The average Bonchev–Trinajstić information content (AvgIpc) is 3.26. The molecular weight excluding hydrogens is 458 g/mol. The molecule has 4 aromatic rings. The Hall–Kier alpha value is -4.53. The van der Waals surface area contributed by atoms with E-state index in [0.717, 1.165) is 17.0 Å². The number of carbonyl (C=O) groups excluding carboxylic acids is 2. The van der Waals surface area contributed by atoms with Crippen LogP contribution in [0.15, 0.2) is 72.9 Å². The van der Waals surface area contributed by atoms with E-state index in [4.69, 9.17) is 14.5 Å². The molecule has 1 atom stereocenters. The van der Waals surface area contributed by atoms with Crippen LogP contribution in [0.5, 0.6) is 11.5 Å². The predicted octanol–water partition coefficient (Wildman–Crippen LogP) is 3.82. The fraction of sp³-hybridized carbons (Fsp3) is 0.222. The maximum atomic E-state index is 13.1. The van der Waals surface area contributed by atoms with Gasteiger partial charge in [0.2, 0.25) is 5.75 Å². The Balaban J connectivity index is 1.64. The fourth-order valence-electron chi connectivity index (χ4n) is 3.96. The number of carbonyl (C=O) groups is 2. The maximum absolute atomic E-state index is 13.1. The minimum absolute atomic E-state index is 0.0416. The lowest BCUT2D eigenvalue weighted by Crippen LogP contribution is -2.29. The molecule has 2 heterocycles. The van der Waals surface area contributed by atoms with E-state index in [0.29, 0.717) is 5.82 Å². The zero-order valence-corrected chi connectivity index (χ0v) is 20.5. The van der Waals surface area contributed by atoms with Crippen LogP contribution in [-0.4, -0.2) is 38.7 Å². The summed E-state index contributed by atoms with van der Waals surface area (Å²) >= 11 is 0. The number of methoxy groups -OCH3 is 1. The predicted molar refractivity (Wildman–Crippen MR) is 133 cm³/mol. The lowest BCUT2D eigenvalue weighted by atomic mass is 9.90. The molecule has 0 aliphatic rings. The van der Waals surface area contributed by atoms with Crippen LogP contribution in [-0.2, 0) is 11.8 Å². The monoisotopic (exact) mass is 485 g/mol. The molecule has 9 nitrogen and oxygen atoms in total. The van der Waals surface area contributed by atoms with Crippen LogP contribution < -0.4 is 14.8 Å². The quantitative estimate of drug-likeness (QED) is 0.378. The zero-order chi connectivity index (χ0) is 25.7. The Bertz CT molecular complexity index is 1320. The first-order valence-electron chi connectivity index (χ1n) is 11.4. The van der Waals surface area contributed by atoms with Gasteiger partial charge in [0.1, 0.15) is 5.82 Å². The van der Waals surface area contributed by atoms with E-state index in [2.05, 4.69) is 39.7 Å². The van der Waals surface area contributed by atoms with Gasteiger partial charge in [-0.3, -0.25) is 14.3 Å². The van der Waals surface area contributed by atoms with Crippen LogP contribution in [0.1, 0.15) is 59.1 Å². The topological polar surface area (TPSA) is 108 Å². The van der Waals surface area contributed by atoms with Crippen molar-refractivity contribution in [1.82, 2.24) is 25.1 Å². The summed E-state index contributed by atoms with van der Waals surface area (Å²) in [4.78, 5) is 33.6. The lowest BCUT2D eigenvalue weighted by molar-refractivity contribution is -0.132. The van der Waals surface area contributed by atoms with Crippen molar-refractivity contribution in [2.75, 3.05) is 7.11 Å². The van der Waals surface area contributed by atoms with Crippen LogP contribution in [0.3, 0.4) is 0 Å². The van der Waals surface area contributed by atoms with Gasteiger partial charge in [-0.1, -0.05) is 60.7 Å². The molecule has 0 spiro atoms. The van der Waals surface area contributed by atoms with E-state index >= 15 is 0 Å². The summed E-state index contributed by atoms with van der Waals surface area (Å²) in [7, 11) is 3.25.